The SMILES string of the molecule is CCN(CCCCN)C1CCN(c2ccccc2C#N)CC1. The number of benzene rings is 1. The first-order chi connectivity index (χ1) is 10.8. The zero-order valence-corrected chi connectivity index (χ0v) is 13.7. The standard InChI is InChI=1S/C18H28N4/c1-2-21(12-6-5-11-19)17-9-13-22(14-10-17)18-8-4-3-7-16(18)15-20/h3-4,7-8,17H,2,5-6,9-14,19H2,1H3. The highest BCUT2D eigenvalue weighted by Crippen LogP contribution is 2.25. The summed E-state index contributed by atoms with van der Waals surface area (Å²) in [6, 6.07) is 10.9. The third-order valence-corrected chi connectivity index (χ3v) is 4.65. The Balaban J connectivity index is 1.90. The van der Waals surface area contributed by atoms with Gasteiger partial charge in [-0.05, 0) is 57.5 Å². The Labute approximate surface area is 134 Å². The molecule has 0 amide bonds. The van der Waals surface area contributed by atoms with Gasteiger partial charge in [-0.3, -0.25) is 0 Å². The monoisotopic (exact) mass is 300 g/mol. The van der Waals surface area contributed by atoms with Crippen LogP contribution in [0.2, 0.25) is 0 Å². The molecule has 0 bridgehead atoms. The largest absolute Gasteiger partial charge is 0.370 e. The van der Waals surface area contributed by atoms with Gasteiger partial charge in [0.15, 0.2) is 0 Å². The predicted molar refractivity (Wildman–Crippen MR) is 91.9 cm³/mol. The Bertz CT molecular complexity index is 486. The van der Waals surface area contributed by atoms with Crippen molar-refractivity contribution in [1.29, 1.82) is 5.26 Å². The second-order valence-corrected chi connectivity index (χ2v) is 5.97. The van der Waals surface area contributed by atoms with Crippen LogP contribution in [0.3, 0.4) is 0 Å². The van der Waals surface area contributed by atoms with Crippen LogP contribution in [0.15, 0.2) is 24.3 Å². The molecule has 1 aliphatic rings. The Morgan fingerprint density at radius 3 is 2.64 bits per heavy atom. The lowest BCUT2D eigenvalue weighted by atomic mass is 10.0. The maximum atomic E-state index is 9.25. The first kappa shape index (κ1) is 16.8. The number of hydrogen-bond donors (Lipinski definition) is 1. The average molecular weight is 300 g/mol. The van der Waals surface area contributed by atoms with Gasteiger partial charge < -0.3 is 15.5 Å². The summed E-state index contributed by atoms with van der Waals surface area (Å²) in [5.74, 6) is 0. The van der Waals surface area contributed by atoms with Crippen molar-refractivity contribution in [3.05, 3.63) is 29.8 Å². The van der Waals surface area contributed by atoms with E-state index >= 15 is 0 Å². The zero-order chi connectivity index (χ0) is 15.8. The van der Waals surface area contributed by atoms with Crippen molar-refractivity contribution in [3.8, 4) is 6.07 Å². The summed E-state index contributed by atoms with van der Waals surface area (Å²) in [6.07, 6.45) is 4.67. The number of unbranched alkanes of at least 4 members (excludes halogenated alkanes) is 1. The van der Waals surface area contributed by atoms with Crippen molar-refractivity contribution in [1.82, 2.24) is 4.90 Å². The summed E-state index contributed by atoms with van der Waals surface area (Å²) in [7, 11) is 0. The number of para-hydroxylation sites is 1. The van der Waals surface area contributed by atoms with E-state index in [2.05, 4.69) is 28.9 Å². The molecule has 4 heteroatoms. The van der Waals surface area contributed by atoms with Crippen molar-refractivity contribution in [2.24, 2.45) is 5.73 Å². The second kappa shape index (κ2) is 8.77. The average Bonchev–Trinajstić information content (AvgIpc) is 2.59. The molecule has 1 saturated heterocycles. The lowest BCUT2D eigenvalue weighted by molar-refractivity contribution is 0.174. The topological polar surface area (TPSA) is 56.3 Å². The van der Waals surface area contributed by atoms with Gasteiger partial charge in [-0.1, -0.05) is 19.1 Å². The molecule has 2 N–H and O–H groups in total. The van der Waals surface area contributed by atoms with Crippen LogP contribution in [0, 0.1) is 11.3 Å². The molecule has 1 aliphatic heterocycles. The van der Waals surface area contributed by atoms with Gasteiger partial charge in [0, 0.05) is 19.1 Å². The van der Waals surface area contributed by atoms with Crippen LogP contribution in [0.5, 0.6) is 0 Å². The summed E-state index contributed by atoms with van der Waals surface area (Å²) in [5.41, 5.74) is 7.47. The van der Waals surface area contributed by atoms with Crippen LogP contribution in [-0.4, -0.2) is 43.7 Å². The highest BCUT2D eigenvalue weighted by atomic mass is 15.2. The molecule has 0 spiro atoms. The molecule has 0 saturated carbocycles. The van der Waals surface area contributed by atoms with Crippen molar-refractivity contribution >= 4 is 5.69 Å². The van der Waals surface area contributed by atoms with Gasteiger partial charge in [0.2, 0.25) is 0 Å². The van der Waals surface area contributed by atoms with Crippen LogP contribution in [-0.2, 0) is 0 Å². The Morgan fingerprint density at radius 2 is 2.00 bits per heavy atom. The molecular weight excluding hydrogens is 272 g/mol. The van der Waals surface area contributed by atoms with Crippen LogP contribution < -0.4 is 10.6 Å². The minimum Gasteiger partial charge on any atom is -0.370 e. The van der Waals surface area contributed by atoms with E-state index in [1.807, 2.05) is 18.2 Å². The maximum absolute atomic E-state index is 9.25. The van der Waals surface area contributed by atoms with E-state index in [0.29, 0.717) is 6.04 Å². The van der Waals surface area contributed by atoms with Gasteiger partial charge in [-0.2, -0.15) is 5.26 Å². The predicted octanol–water partition coefficient (Wildman–Crippen LogP) is 2.59. The molecule has 0 atom stereocenters. The zero-order valence-electron chi connectivity index (χ0n) is 13.7. The van der Waals surface area contributed by atoms with E-state index in [1.54, 1.807) is 0 Å². The fraction of sp³-hybridized carbons (Fsp3) is 0.611. The summed E-state index contributed by atoms with van der Waals surface area (Å²) in [5, 5.41) is 9.25. The van der Waals surface area contributed by atoms with E-state index < -0.39 is 0 Å². The van der Waals surface area contributed by atoms with Crippen LogP contribution in [0.1, 0.15) is 38.2 Å². The maximum Gasteiger partial charge on any atom is 0.101 e. The minimum absolute atomic E-state index is 0.674. The van der Waals surface area contributed by atoms with E-state index in [9.17, 15) is 5.26 Å². The molecule has 22 heavy (non-hydrogen) atoms. The Morgan fingerprint density at radius 1 is 1.27 bits per heavy atom. The fourth-order valence-electron chi connectivity index (χ4n) is 3.37. The van der Waals surface area contributed by atoms with Gasteiger partial charge in [0.25, 0.3) is 0 Å². The van der Waals surface area contributed by atoms with Crippen molar-refractivity contribution in [3.63, 3.8) is 0 Å². The van der Waals surface area contributed by atoms with Crippen molar-refractivity contribution in [2.45, 2.75) is 38.6 Å². The second-order valence-electron chi connectivity index (χ2n) is 5.97. The molecule has 1 heterocycles. The third kappa shape index (κ3) is 4.22. The number of nitrogens with two attached hydrogens (primary N) is 1. The van der Waals surface area contributed by atoms with E-state index in [-0.39, 0.29) is 0 Å². The van der Waals surface area contributed by atoms with Crippen LogP contribution >= 0.6 is 0 Å². The molecule has 120 valence electrons. The molecule has 2 rings (SSSR count). The molecule has 0 aliphatic carbocycles. The highest BCUT2D eigenvalue weighted by Gasteiger charge is 2.24. The van der Waals surface area contributed by atoms with E-state index in [4.69, 9.17) is 5.73 Å². The molecule has 1 aromatic rings. The van der Waals surface area contributed by atoms with Crippen molar-refractivity contribution < 1.29 is 0 Å². The smallest absolute Gasteiger partial charge is 0.101 e. The quantitative estimate of drug-likeness (QED) is 0.786. The minimum atomic E-state index is 0.674. The lowest BCUT2D eigenvalue weighted by Crippen LogP contribution is -2.45. The van der Waals surface area contributed by atoms with Crippen LogP contribution in [0.25, 0.3) is 0 Å². The van der Waals surface area contributed by atoms with Crippen LogP contribution in [0.4, 0.5) is 5.69 Å². The number of nitrogens with zero attached hydrogens (tertiary/aromatic N) is 3. The molecule has 0 radical (unpaired) electrons. The van der Waals surface area contributed by atoms with Gasteiger partial charge in [0.05, 0.1) is 11.3 Å². The van der Waals surface area contributed by atoms with Gasteiger partial charge in [-0.15, -0.1) is 0 Å². The lowest BCUT2D eigenvalue weighted by Gasteiger charge is -2.39. The first-order valence-corrected chi connectivity index (χ1v) is 8.48. The molecule has 0 unspecified atom stereocenters. The Kier molecular flexibility index (Phi) is 6.70. The van der Waals surface area contributed by atoms with E-state index in [1.165, 1.54) is 19.3 Å². The number of piperidine rings is 1. The summed E-state index contributed by atoms with van der Waals surface area (Å²) in [6.45, 7) is 7.39. The summed E-state index contributed by atoms with van der Waals surface area (Å²) in [4.78, 5) is 4.96. The number of anilines is 1. The molecule has 1 fully saturated rings. The fourth-order valence-corrected chi connectivity index (χ4v) is 3.37. The normalized spacial score (nSPS) is 16.0. The highest BCUT2D eigenvalue weighted by molar-refractivity contribution is 5.59. The van der Waals surface area contributed by atoms with Gasteiger partial charge >= 0.3 is 0 Å². The number of nitriles is 1. The molecular formula is C18H28N4. The van der Waals surface area contributed by atoms with Crippen molar-refractivity contribution in [2.75, 3.05) is 37.6 Å². The summed E-state index contributed by atoms with van der Waals surface area (Å²) < 4.78 is 0. The van der Waals surface area contributed by atoms with Gasteiger partial charge in [-0.25, -0.2) is 0 Å². The molecule has 4 nitrogen and oxygen atoms in total. The molecule has 1 aromatic carbocycles. The molecule has 0 aromatic heterocycles. The van der Waals surface area contributed by atoms with E-state index in [0.717, 1.165) is 50.4 Å². The number of rotatable bonds is 7. The van der Waals surface area contributed by atoms with Gasteiger partial charge in [0.1, 0.15) is 6.07 Å². The third-order valence-electron chi connectivity index (χ3n) is 4.65. The Hall–Kier alpha value is -1.57. The summed E-state index contributed by atoms with van der Waals surface area (Å²) >= 11 is 0. The number of hydrogen-bond acceptors (Lipinski definition) is 4. The first-order valence-electron chi connectivity index (χ1n) is 8.48.